The van der Waals surface area contributed by atoms with Crippen LogP contribution in [0.2, 0.25) is 5.02 Å². The average molecular weight is 502 g/mol. The van der Waals surface area contributed by atoms with Crippen molar-refractivity contribution in [1.82, 2.24) is 9.80 Å². The molecule has 1 aliphatic heterocycles. The molecule has 3 rings (SSSR count). The van der Waals surface area contributed by atoms with Gasteiger partial charge in [0.2, 0.25) is 0 Å². The second-order valence-electron chi connectivity index (χ2n) is 7.70. The van der Waals surface area contributed by atoms with Crippen molar-refractivity contribution in [1.29, 1.82) is 0 Å². The maximum atomic E-state index is 13.2. The molecule has 0 aliphatic carbocycles. The Morgan fingerprint density at radius 3 is 2.67 bits per heavy atom. The summed E-state index contributed by atoms with van der Waals surface area (Å²) in [6.45, 7) is 5.20. The number of hydrogen-bond donors (Lipinski definition) is 1. The van der Waals surface area contributed by atoms with Crippen molar-refractivity contribution in [3.8, 4) is 5.75 Å². The van der Waals surface area contributed by atoms with Gasteiger partial charge in [-0.3, -0.25) is 4.90 Å². The van der Waals surface area contributed by atoms with Gasteiger partial charge < -0.3 is 19.7 Å². The number of morpholine rings is 1. The van der Waals surface area contributed by atoms with Gasteiger partial charge in [-0.2, -0.15) is 13.2 Å². The van der Waals surface area contributed by atoms with Crippen LogP contribution < -0.4 is 10.1 Å². The number of thiocarbonyl (C=S) groups is 1. The topological polar surface area (TPSA) is 37.0 Å². The molecule has 1 saturated heterocycles. The lowest BCUT2D eigenvalue weighted by atomic mass is 10.2. The molecule has 1 fully saturated rings. The molecule has 0 radical (unpaired) electrons. The largest absolute Gasteiger partial charge is 0.497 e. The van der Waals surface area contributed by atoms with E-state index in [0.29, 0.717) is 18.2 Å². The second kappa shape index (κ2) is 11.9. The predicted octanol–water partition coefficient (Wildman–Crippen LogP) is 5.29. The van der Waals surface area contributed by atoms with Gasteiger partial charge in [-0.1, -0.05) is 23.7 Å². The number of benzene rings is 2. The summed E-state index contributed by atoms with van der Waals surface area (Å²) in [6.07, 6.45) is -3.64. The Morgan fingerprint density at radius 2 is 1.97 bits per heavy atom. The highest BCUT2D eigenvalue weighted by atomic mass is 35.5. The minimum absolute atomic E-state index is 0.125. The van der Waals surface area contributed by atoms with Crippen LogP contribution in [0, 0.1) is 0 Å². The quantitative estimate of drug-likeness (QED) is 0.495. The molecule has 2 aromatic carbocycles. The van der Waals surface area contributed by atoms with Crippen LogP contribution in [-0.4, -0.2) is 61.4 Å². The monoisotopic (exact) mass is 501 g/mol. The standard InChI is InChI=1S/C23H27ClF3N3O2S/c1-31-19-5-2-4-17(14-19)16-30(9-3-8-29-10-12-32-13-11-29)22(33)28-21-15-18(23(25,26)27)6-7-20(21)24/h2,4-7,14-15H,3,8-13,16H2,1H3,(H,28,33). The molecule has 0 aromatic heterocycles. The molecule has 1 heterocycles. The van der Waals surface area contributed by atoms with E-state index >= 15 is 0 Å². The third-order valence-corrected chi connectivity index (χ3v) is 6.03. The average Bonchev–Trinajstić information content (AvgIpc) is 2.80. The zero-order chi connectivity index (χ0) is 23.8. The maximum absolute atomic E-state index is 13.2. The fraction of sp³-hybridized carbons (Fsp3) is 0.435. The van der Waals surface area contributed by atoms with E-state index in [0.717, 1.165) is 62.7 Å². The lowest BCUT2D eigenvalue weighted by Gasteiger charge is -2.30. The van der Waals surface area contributed by atoms with Gasteiger partial charge in [-0.05, 0) is 54.5 Å². The van der Waals surface area contributed by atoms with E-state index in [1.807, 2.05) is 29.2 Å². The molecule has 1 N–H and O–H groups in total. The minimum Gasteiger partial charge on any atom is -0.497 e. The van der Waals surface area contributed by atoms with Crippen LogP contribution in [0.5, 0.6) is 5.75 Å². The Balaban J connectivity index is 1.73. The Hall–Kier alpha value is -2.07. The number of hydrogen-bond acceptors (Lipinski definition) is 4. The molecule has 10 heteroatoms. The summed E-state index contributed by atoms with van der Waals surface area (Å²) in [6, 6.07) is 10.8. The lowest BCUT2D eigenvalue weighted by molar-refractivity contribution is -0.137. The third kappa shape index (κ3) is 7.74. The number of ether oxygens (including phenoxy) is 2. The van der Waals surface area contributed by atoms with Crippen molar-refractivity contribution in [2.24, 2.45) is 0 Å². The van der Waals surface area contributed by atoms with Crippen LogP contribution in [0.25, 0.3) is 0 Å². The maximum Gasteiger partial charge on any atom is 0.416 e. The summed E-state index contributed by atoms with van der Waals surface area (Å²) < 4.78 is 50.2. The molecule has 1 aliphatic rings. The van der Waals surface area contributed by atoms with E-state index in [9.17, 15) is 13.2 Å². The van der Waals surface area contributed by atoms with Crippen molar-refractivity contribution in [2.45, 2.75) is 19.1 Å². The fourth-order valence-corrected chi connectivity index (χ4v) is 3.98. The van der Waals surface area contributed by atoms with Crippen LogP contribution in [0.1, 0.15) is 17.5 Å². The second-order valence-corrected chi connectivity index (χ2v) is 8.50. The van der Waals surface area contributed by atoms with Crippen molar-refractivity contribution >= 4 is 34.6 Å². The van der Waals surface area contributed by atoms with Gasteiger partial charge in [0.15, 0.2) is 5.11 Å². The van der Waals surface area contributed by atoms with E-state index in [1.165, 1.54) is 6.07 Å². The molecule has 0 atom stereocenters. The van der Waals surface area contributed by atoms with Crippen LogP contribution in [0.4, 0.5) is 18.9 Å². The Labute approximate surface area is 202 Å². The molecule has 0 saturated carbocycles. The van der Waals surface area contributed by atoms with E-state index < -0.39 is 11.7 Å². The van der Waals surface area contributed by atoms with Crippen molar-refractivity contribution in [2.75, 3.05) is 51.8 Å². The van der Waals surface area contributed by atoms with Gasteiger partial charge in [-0.15, -0.1) is 0 Å². The van der Waals surface area contributed by atoms with E-state index in [1.54, 1.807) is 7.11 Å². The summed E-state index contributed by atoms with van der Waals surface area (Å²) in [5, 5.41) is 3.39. The molecule has 2 aromatic rings. The predicted molar refractivity (Wildman–Crippen MR) is 128 cm³/mol. The zero-order valence-corrected chi connectivity index (χ0v) is 19.9. The highest BCUT2D eigenvalue weighted by Crippen LogP contribution is 2.34. The highest BCUT2D eigenvalue weighted by molar-refractivity contribution is 7.80. The van der Waals surface area contributed by atoms with Gasteiger partial charge in [0.05, 0.1) is 36.6 Å². The summed E-state index contributed by atoms with van der Waals surface area (Å²) in [7, 11) is 1.60. The molecule has 5 nitrogen and oxygen atoms in total. The van der Waals surface area contributed by atoms with E-state index in [2.05, 4.69) is 10.2 Å². The first-order valence-corrected chi connectivity index (χ1v) is 11.4. The lowest BCUT2D eigenvalue weighted by Crippen LogP contribution is -2.40. The number of nitrogens with zero attached hydrogens (tertiary/aromatic N) is 2. The molecular formula is C23H27ClF3N3O2S. The first-order valence-electron chi connectivity index (χ1n) is 10.6. The number of methoxy groups -OCH3 is 1. The van der Waals surface area contributed by atoms with Gasteiger partial charge in [0, 0.05) is 32.7 Å². The Morgan fingerprint density at radius 1 is 1.21 bits per heavy atom. The fourth-order valence-electron chi connectivity index (χ4n) is 3.55. The van der Waals surface area contributed by atoms with Crippen LogP contribution in [-0.2, 0) is 17.5 Å². The molecule has 0 unspecified atom stereocenters. The number of anilines is 1. The number of rotatable bonds is 8. The van der Waals surface area contributed by atoms with Crippen molar-refractivity contribution in [3.63, 3.8) is 0 Å². The molecule has 33 heavy (non-hydrogen) atoms. The third-order valence-electron chi connectivity index (χ3n) is 5.34. The van der Waals surface area contributed by atoms with Crippen LogP contribution in [0.3, 0.4) is 0 Å². The molecule has 0 bridgehead atoms. The molecule has 180 valence electrons. The summed E-state index contributed by atoms with van der Waals surface area (Å²) in [4.78, 5) is 4.26. The van der Waals surface area contributed by atoms with Gasteiger partial charge in [0.1, 0.15) is 5.75 Å². The minimum atomic E-state index is -4.47. The van der Waals surface area contributed by atoms with E-state index in [-0.39, 0.29) is 10.7 Å². The molecule has 0 spiro atoms. The van der Waals surface area contributed by atoms with Crippen LogP contribution >= 0.6 is 23.8 Å². The van der Waals surface area contributed by atoms with Crippen molar-refractivity contribution in [3.05, 3.63) is 58.6 Å². The normalized spacial score (nSPS) is 14.7. The Bertz CT molecular complexity index is 939. The van der Waals surface area contributed by atoms with Gasteiger partial charge in [-0.25, -0.2) is 0 Å². The smallest absolute Gasteiger partial charge is 0.416 e. The SMILES string of the molecule is COc1cccc(CN(CCCN2CCOCC2)C(=S)Nc2cc(C(F)(F)F)ccc2Cl)c1. The zero-order valence-electron chi connectivity index (χ0n) is 18.3. The first kappa shape index (κ1) is 25.6. The van der Waals surface area contributed by atoms with Crippen molar-refractivity contribution < 1.29 is 22.6 Å². The number of alkyl halides is 3. The van der Waals surface area contributed by atoms with Gasteiger partial charge in [0.25, 0.3) is 0 Å². The van der Waals surface area contributed by atoms with Crippen LogP contribution in [0.15, 0.2) is 42.5 Å². The summed E-state index contributed by atoms with van der Waals surface area (Å²) in [5.74, 6) is 0.723. The van der Waals surface area contributed by atoms with Gasteiger partial charge >= 0.3 is 6.18 Å². The summed E-state index contributed by atoms with van der Waals surface area (Å²) >= 11 is 11.8. The summed E-state index contributed by atoms with van der Waals surface area (Å²) in [5.41, 5.74) is 0.309. The highest BCUT2D eigenvalue weighted by Gasteiger charge is 2.31. The Kier molecular flexibility index (Phi) is 9.19. The number of nitrogens with one attached hydrogen (secondary N) is 1. The molecular weight excluding hydrogens is 475 g/mol. The first-order chi connectivity index (χ1) is 15.8. The molecule has 0 amide bonds. The van der Waals surface area contributed by atoms with E-state index in [4.69, 9.17) is 33.3 Å². The number of halogens is 4.